The lowest BCUT2D eigenvalue weighted by molar-refractivity contribution is -0.121. The molecule has 1 atom stereocenters. The van der Waals surface area contributed by atoms with E-state index in [2.05, 4.69) is 34.3 Å². The maximum absolute atomic E-state index is 11.8. The first kappa shape index (κ1) is 16.7. The van der Waals surface area contributed by atoms with Crippen molar-refractivity contribution in [2.45, 2.75) is 31.3 Å². The largest absolute Gasteiger partial charge is 0.486 e. The molecule has 1 aromatic carbocycles. The molecule has 6 nitrogen and oxygen atoms in total. The average molecular weight is 345 g/mol. The molecule has 3 heterocycles. The minimum absolute atomic E-state index is 0.102. The van der Waals surface area contributed by atoms with E-state index < -0.39 is 0 Å². The van der Waals surface area contributed by atoms with Gasteiger partial charge in [0.1, 0.15) is 13.2 Å². The van der Waals surface area contributed by atoms with Crippen molar-refractivity contribution in [3.8, 4) is 11.5 Å². The number of hydrogen-bond donors (Lipinski definition) is 1. The van der Waals surface area contributed by atoms with Crippen molar-refractivity contribution in [2.75, 3.05) is 46.4 Å². The molecule has 1 unspecified atom stereocenters. The van der Waals surface area contributed by atoms with E-state index in [-0.39, 0.29) is 11.4 Å². The second-order valence-electron chi connectivity index (χ2n) is 7.43. The molecule has 2 saturated heterocycles. The molecule has 1 spiro atoms. The van der Waals surface area contributed by atoms with Crippen LogP contribution < -0.4 is 14.8 Å². The van der Waals surface area contributed by atoms with Crippen LogP contribution in [-0.4, -0.2) is 67.7 Å². The lowest BCUT2D eigenvalue weighted by Crippen LogP contribution is -2.60. The molecular weight excluding hydrogens is 318 g/mol. The number of rotatable bonds is 2. The summed E-state index contributed by atoms with van der Waals surface area (Å²) in [6.45, 7) is 6.03. The van der Waals surface area contributed by atoms with E-state index in [9.17, 15) is 4.79 Å². The number of likely N-dealkylation sites (N-methyl/N-ethyl adjacent to an activating group) is 1. The van der Waals surface area contributed by atoms with Crippen LogP contribution in [0.5, 0.6) is 11.5 Å². The topological polar surface area (TPSA) is 54.0 Å². The van der Waals surface area contributed by atoms with Gasteiger partial charge in [-0.2, -0.15) is 0 Å². The molecule has 0 radical (unpaired) electrons. The summed E-state index contributed by atoms with van der Waals surface area (Å²) in [4.78, 5) is 16.7. The minimum atomic E-state index is 0.102. The third-order valence-electron chi connectivity index (χ3n) is 5.82. The van der Waals surface area contributed by atoms with Crippen molar-refractivity contribution >= 4 is 5.91 Å². The molecule has 1 amide bonds. The van der Waals surface area contributed by atoms with Gasteiger partial charge in [0.2, 0.25) is 5.91 Å². The molecule has 1 aromatic rings. The predicted octanol–water partition coefficient (Wildman–Crippen LogP) is 1.24. The molecule has 3 aliphatic rings. The summed E-state index contributed by atoms with van der Waals surface area (Å²) in [6.07, 6.45) is 2.59. The number of amides is 1. The highest BCUT2D eigenvalue weighted by atomic mass is 16.6. The Kier molecular flexibility index (Phi) is 4.56. The van der Waals surface area contributed by atoms with E-state index in [0.717, 1.165) is 57.1 Å². The van der Waals surface area contributed by atoms with Crippen LogP contribution in [0.15, 0.2) is 18.2 Å². The molecule has 0 bridgehead atoms. The summed E-state index contributed by atoms with van der Waals surface area (Å²) < 4.78 is 11.3. The van der Waals surface area contributed by atoms with Crippen molar-refractivity contribution in [1.82, 2.24) is 15.1 Å². The zero-order valence-corrected chi connectivity index (χ0v) is 14.9. The summed E-state index contributed by atoms with van der Waals surface area (Å²) in [5.41, 5.74) is 1.36. The van der Waals surface area contributed by atoms with Gasteiger partial charge in [0.05, 0.1) is 0 Å². The van der Waals surface area contributed by atoms with E-state index in [1.807, 2.05) is 6.07 Å². The van der Waals surface area contributed by atoms with Crippen molar-refractivity contribution in [3.05, 3.63) is 23.8 Å². The number of carbonyl (C=O) groups excluding carboxylic acids is 1. The highest BCUT2D eigenvalue weighted by molar-refractivity contribution is 5.76. The van der Waals surface area contributed by atoms with Gasteiger partial charge in [0, 0.05) is 44.7 Å². The van der Waals surface area contributed by atoms with Gasteiger partial charge in [0.15, 0.2) is 11.5 Å². The maximum atomic E-state index is 11.8. The number of carbonyl (C=O) groups is 1. The summed E-state index contributed by atoms with van der Waals surface area (Å²) in [6, 6.07) is 6.26. The first-order chi connectivity index (χ1) is 12.1. The SMILES string of the molecule is CN1CCN(Cc2ccc3c(c2)OCCO3)CC12CCNC(=O)CC2. The number of nitrogens with one attached hydrogen (secondary N) is 1. The molecular formula is C19H27N3O3. The Morgan fingerprint density at radius 1 is 1.16 bits per heavy atom. The number of benzene rings is 1. The Hall–Kier alpha value is -1.79. The van der Waals surface area contributed by atoms with E-state index in [1.165, 1.54) is 5.56 Å². The first-order valence-corrected chi connectivity index (χ1v) is 9.23. The van der Waals surface area contributed by atoms with Crippen molar-refractivity contribution < 1.29 is 14.3 Å². The number of fused-ring (bicyclic) bond motifs is 1. The third kappa shape index (κ3) is 3.46. The van der Waals surface area contributed by atoms with Gasteiger partial charge in [-0.25, -0.2) is 0 Å². The van der Waals surface area contributed by atoms with Crippen LogP contribution in [0.2, 0.25) is 0 Å². The van der Waals surface area contributed by atoms with Crippen LogP contribution in [0.4, 0.5) is 0 Å². The number of nitrogens with zero attached hydrogens (tertiary/aromatic N) is 2. The van der Waals surface area contributed by atoms with Gasteiger partial charge < -0.3 is 14.8 Å². The lowest BCUT2D eigenvalue weighted by atomic mass is 9.86. The lowest BCUT2D eigenvalue weighted by Gasteiger charge is -2.49. The second kappa shape index (κ2) is 6.84. The highest BCUT2D eigenvalue weighted by Crippen LogP contribution is 2.33. The third-order valence-corrected chi connectivity index (χ3v) is 5.82. The minimum Gasteiger partial charge on any atom is -0.486 e. The van der Waals surface area contributed by atoms with E-state index >= 15 is 0 Å². The molecule has 0 aliphatic carbocycles. The van der Waals surface area contributed by atoms with Crippen LogP contribution in [0.25, 0.3) is 0 Å². The van der Waals surface area contributed by atoms with Gasteiger partial charge in [0.25, 0.3) is 0 Å². The molecule has 6 heteroatoms. The predicted molar refractivity (Wildman–Crippen MR) is 94.9 cm³/mol. The summed E-state index contributed by atoms with van der Waals surface area (Å²) in [5, 5.41) is 3.02. The Morgan fingerprint density at radius 2 is 2.00 bits per heavy atom. The van der Waals surface area contributed by atoms with E-state index in [4.69, 9.17) is 9.47 Å². The van der Waals surface area contributed by atoms with E-state index in [1.54, 1.807) is 0 Å². The number of ether oxygens (including phenoxy) is 2. The van der Waals surface area contributed by atoms with Gasteiger partial charge in [-0.3, -0.25) is 14.6 Å². The fourth-order valence-electron chi connectivity index (χ4n) is 4.26. The Labute approximate surface area is 149 Å². The monoisotopic (exact) mass is 345 g/mol. The van der Waals surface area contributed by atoms with Gasteiger partial charge >= 0.3 is 0 Å². The summed E-state index contributed by atoms with van der Waals surface area (Å²) >= 11 is 0. The number of piperazine rings is 1. The molecule has 136 valence electrons. The summed E-state index contributed by atoms with van der Waals surface area (Å²) in [7, 11) is 2.21. The van der Waals surface area contributed by atoms with Gasteiger partial charge in [-0.05, 0) is 37.6 Å². The van der Waals surface area contributed by atoms with Crippen LogP contribution in [0.3, 0.4) is 0 Å². The normalized spacial score (nSPS) is 27.8. The van der Waals surface area contributed by atoms with Crippen molar-refractivity contribution in [1.29, 1.82) is 0 Å². The molecule has 25 heavy (non-hydrogen) atoms. The first-order valence-electron chi connectivity index (χ1n) is 9.23. The zero-order valence-electron chi connectivity index (χ0n) is 14.9. The Bertz CT molecular complexity index is 651. The summed E-state index contributed by atoms with van der Waals surface area (Å²) in [5.74, 6) is 1.89. The maximum Gasteiger partial charge on any atom is 0.220 e. The van der Waals surface area contributed by atoms with Crippen LogP contribution >= 0.6 is 0 Å². The smallest absolute Gasteiger partial charge is 0.220 e. The molecule has 3 aliphatic heterocycles. The van der Waals surface area contributed by atoms with Crippen LogP contribution in [0.1, 0.15) is 24.8 Å². The van der Waals surface area contributed by atoms with E-state index in [0.29, 0.717) is 19.6 Å². The quantitative estimate of drug-likeness (QED) is 0.874. The van der Waals surface area contributed by atoms with Crippen LogP contribution in [0, 0.1) is 0 Å². The molecule has 0 saturated carbocycles. The Morgan fingerprint density at radius 3 is 2.88 bits per heavy atom. The zero-order chi connectivity index (χ0) is 17.3. The highest BCUT2D eigenvalue weighted by Gasteiger charge is 2.40. The fourth-order valence-corrected chi connectivity index (χ4v) is 4.26. The standard InChI is InChI=1S/C19H27N3O3/c1-21-8-9-22(14-19(21)5-4-18(23)20-7-6-19)13-15-2-3-16-17(12-15)25-11-10-24-16/h2-3,12H,4-11,13-14H2,1H3,(H,20,23). The van der Waals surface area contributed by atoms with Crippen molar-refractivity contribution in [3.63, 3.8) is 0 Å². The molecule has 4 rings (SSSR count). The number of hydrogen-bond acceptors (Lipinski definition) is 5. The van der Waals surface area contributed by atoms with Gasteiger partial charge in [-0.15, -0.1) is 0 Å². The fraction of sp³-hybridized carbons (Fsp3) is 0.632. The second-order valence-corrected chi connectivity index (χ2v) is 7.43. The molecule has 0 aromatic heterocycles. The molecule has 1 N–H and O–H groups in total. The molecule has 2 fully saturated rings. The van der Waals surface area contributed by atoms with Crippen molar-refractivity contribution in [2.24, 2.45) is 0 Å². The van der Waals surface area contributed by atoms with Gasteiger partial charge in [-0.1, -0.05) is 6.07 Å². The average Bonchev–Trinajstić information content (AvgIpc) is 2.81. The van der Waals surface area contributed by atoms with Crippen LogP contribution in [-0.2, 0) is 11.3 Å². The Balaban J connectivity index is 1.47.